The van der Waals surface area contributed by atoms with Gasteiger partial charge in [0.15, 0.2) is 0 Å². The van der Waals surface area contributed by atoms with Crippen LogP contribution < -0.4 is 5.69 Å². The van der Waals surface area contributed by atoms with E-state index in [0.29, 0.717) is 0 Å². The molecule has 1 aromatic carbocycles. The number of H-pyrrole nitrogens is 2. The normalized spacial score (nSPS) is 13.1. The highest BCUT2D eigenvalue weighted by molar-refractivity contribution is 6.20. The topological polar surface area (TPSA) is 48.6 Å². The van der Waals surface area contributed by atoms with Crippen molar-refractivity contribution in [3.05, 3.63) is 34.2 Å². The summed E-state index contributed by atoms with van der Waals surface area (Å²) in [5, 5.41) is 0.0303. The van der Waals surface area contributed by atoms with E-state index in [1.807, 2.05) is 18.2 Å². The molecule has 0 fully saturated rings. The van der Waals surface area contributed by atoms with E-state index in [1.165, 1.54) is 0 Å². The summed E-state index contributed by atoms with van der Waals surface area (Å²) >= 11 is 6.29. The molecule has 0 aliphatic carbocycles. The lowest BCUT2D eigenvalue weighted by Gasteiger charge is -2.08. The first-order chi connectivity index (χ1) is 7.70. The van der Waals surface area contributed by atoms with Gasteiger partial charge in [0.25, 0.3) is 0 Å². The maximum atomic E-state index is 11.1. The Morgan fingerprint density at radius 3 is 2.81 bits per heavy atom. The van der Waals surface area contributed by atoms with Crippen LogP contribution in [0.15, 0.2) is 23.0 Å². The first-order valence-corrected chi connectivity index (χ1v) is 6.00. The van der Waals surface area contributed by atoms with Gasteiger partial charge in [-0.25, -0.2) is 4.79 Å². The van der Waals surface area contributed by atoms with E-state index in [-0.39, 0.29) is 11.1 Å². The number of nitrogens with one attached hydrogen (secondary N) is 2. The lowest BCUT2D eigenvalue weighted by atomic mass is 10.1. The van der Waals surface area contributed by atoms with E-state index in [0.717, 1.165) is 35.9 Å². The minimum atomic E-state index is -0.174. The monoisotopic (exact) mass is 238 g/mol. The first-order valence-electron chi connectivity index (χ1n) is 5.56. The smallest absolute Gasteiger partial charge is 0.306 e. The van der Waals surface area contributed by atoms with Gasteiger partial charge in [0.05, 0.1) is 16.4 Å². The summed E-state index contributed by atoms with van der Waals surface area (Å²) in [6.07, 6.45) is 3.24. The molecule has 0 radical (unpaired) electrons. The Labute approximate surface area is 98.8 Å². The standard InChI is InChI=1S/C12H15ClN2O/c1-2-3-4-9(13)8-5-6-10-11(7-8)15-12(16)14-10/h5-7,9H,2-4H2,1H3,(H2,14,15,16). The van der Waals surface area contributed by atoms with Gasteiger partial charge in [-0.15, -0.1) is 11.6 Å². The van der Waals surface area contributed by atoms with Crippen molar-refractivity contribution < 1.29 is 0 Å². The van der Waals surface area contributed by atoms with E-state index in [1.54, 1.807) is 0 Å². The molecule has 0 saturated carbocycles. The number of benzene rings is 1. The highest BCUT2D eigenvalue weighted by Gasteiger charge is 2.08. The molecule has 0 amide bonds. The quantitative estimate of drug-likeness (QED) is 0.789. The zero-order chi connectivity index (χ0) is 11.5. The molecule has 0 bridgehead atoms. The maximum absolute atomic E-state index is 11.1. The highest BCUT2D eigenvalue weighted by atomic mass is 35.5. The zero-order valence-electron chi connectivity index (χ0n) is 9.22. The van der Waals surface area contributed by atoms with Gasteiger partial charge in [0.1, 0.15) is 0 Å². The molecule has 0 saturated heterocycles. The number of hydrogen-bond donors (Lipinski definition) is 2. The largest absolute Gasteiger partial charge is 0.323 e. The first kappa shape index (κ1) is 11.3. The molecule has 4 heteroatoms. The van der Waals surface area contributed by atoms with Crippen molar-refractivity contribution in [2.75, 3.05) is 0 Å². The van der Waals surface area contributed by atoms with Gasteiger partial charge in [-0.3, -0.25) is 0 Å². The Morgan fingerprint density at radius 1 is 1.31 bits per heavy atom. The van der Waals surface area contributed by atoms with Crippen LogP contribution in [-0.2, 0) is 0 Å². The number of fused-ring (bicyclic) bond motifs is 1. The number of alkyl halides is 1. The third kappa shape index (κ3) is 2.30. The fraction of sp³-hybridized carbons (Fsp3) is 0.417. The van der Waals surface area contributed by atoms with Crippen LogP contribution in [0.5, 0.6) is 0 Å². The summed E-state index contributed by atoms with van der Waals surface area (Å²) in [6, 6.07) is 5.81. The summed E-state index contributed by atoms with van der Waals surface area (Å²) in [6.45, 7) is 2.15. The molecule has 2 N–H and O–H groups in total. The van der Waals surface area contributed by atoms with Crippen molar-refractivity contribution in [3.8, 4) is 0 Å². The van der Waals surface area contributed by atoms with Crippen LogP contribution in [0, 0.1) is 0 Å². The third-order valence-electron chi connectivity index (χ3n) is 2.71. The lowest BCUT2D eigenvalue weighted by Crippen LogP contribution is -1.99. The molecular formula is C12H15ClN2O. The van der Waals surface area contributed by atoms with Crippen molar-refractivity contribution in [1.29, 1.82) is 0 Å². The fourth-order valence-electron chi connectivity index (χ4n) is 1.80. The second-order valence-electron chi connectivity index (χ2n) is 3.99. The van der Waals surface area contributed by atoms with Gasteiger partial charge in [-0.1, -0.05) is 25.8 Å². The Morgan fingerprint density at radius 2 is 2.06 bits per heavy atom. The second-order valence-corrected chi connectivity index (χ2v) is 4.52. The molecule has 3 nitrogen and oxygen atoms in total. The maximum Gasteiger partial charge on any atom is 0.323 e. The molecule has 0 aliphatic rings. The third-order valence-corrected chi connectivity index (χ3v) is 3.18. The van der Waals surface area contributed by atoms with E-state index >= 15 is 0 Å². The second kappa shape index (κ2) is 4.74. The molecule has 16 heavy (non-hydrogen) atoms. The fourth-order valence-corrected chi connectivity index (χ4v) is 2.09. The molecule has 0 aliphatic heterocycles. The van der Waals surface area contributed by atoms with Gasteiger partial charge >= 0.3 is 5.69 Å². The molecule has 0 spiro atoms. The number of imidazole rings is 1. The SMILES string of the molecule is CCCCC(Cl)c1ccc2[nH]c(=O)[nH]c2c1. The Balaban J connectivity index is 2.27. The minimum Gasteiger partial charge on any atom is -0.306 e. The molecule has 1 heterocycles. The van der Waals surface area contributed by atoms with Gasteiger partial charge in [0.2, 0.25) is 0 Å². The number of hydrogen-bond acceptors (Lipinski definition) is 1. The van der Waals surface area contributed by atoms with Crippen LogP contribution >= 0.6 is 11.6 Å². The van der Waals surface area contributed by atoms with Crippen LogP contribution in [0.3, 0.4) is 0 Å². The molecule has 1 aromatic heterocycles. The highest BCUT2D eigenvalue weighted by Crippen LogP contribution is 2.27. The summed E-state index contributed by atoms with van der Waals surface area (Å²) in [5.41, 5.74) is 2.54. The Kier molecular flexibility index (Phi) is 3.34. The zero-order valence-corrected chi connectivity index (χ0v) is 9.97. The summed E-state index contributed by atoms with van der Waals surface area (Å²) in [7, 11) is 0. The molecule has 2 rings (SSSR count). The molecular weight excluding hydrogens is 224 g/mol. The number of aromatic nitrogens is 2. The van der Waals surface area contributed by atoms with Crippen LogP contribution in [0.25, 0.3) is 11.0 Å². The average molecular weight is 239 g/mol. The van der Waals surface area contributed by atoms with Gasteiger partial charge < -0.3 is 9.97 Å². The predicted molar refractivity (Wildman–Crippen MR) is 67.0 cm³/mol. The lowest BCUT2D eigenvalue weighted by molar-refractivity contribution is 0.701. The van der Waals surface area contributed by atoms with Crippen molar-refractivity contribution in [3.63, 3.8) is 0 Å². The predicted octanol–water partition coefficient (Wildman–Crippen LogP) is 3.33. The average Bonchev–Trinajstić information content (AvgIpc) is 2.64. The van der Waals surface area contributed by atoms with Crippen molar-refractivity contribution in [2.24, 2.45) is 0 Å². The summed E-state index contributed by atoms with van der Waals surface area (Å²) in [4.78, 5) is 16.6. The molecule has 1 atom stereocenters. The van der Waals surface area contributed by atoms with Crippen LogP contribution in [0.2, 0.25) is 0 Å². The molecule has 86 valence electrons. The van der Waals surface area contributed by atoms with Gasteiger partial charge in [-0.05, 0) is 24.1 Å². The van der Waals surface area contributed by atoms with Gasteiger partial charge in [0, 0.05) is 0 Å². The summed E-state index contributed by atoms with van der Waals surface area (Å²) in [5.74, 6) is 0. The van der Waals surface area contributed by atoms with Crippen molar-refractivity contribution in [1.82, 2.24) is 9.97 Å². The van der Waals surface area contributed by atoms with E-state index in [4.69, 9.17) is 11.6 Å². The van der Waals surface area contributed by atoms with Crippen LogP contribution in [0.4, 0.5) is 0 Å². The van der Waals surface area contributed by atoms with E-state index < -0.39 is 0 Å². The number of unbranched alkanes of at least 4 members (excludes halogenated alkanes) is 1. The van der Waals surface area contributed by atoms with Gasteiger partial charge in [-0.2, -0.15) is 0 Å². The minimum absolute atomic E-state index is 0.0303. The number of aromatic amines is 2. The Bertz CT molecular complexity index is 529. The van der Waals surface area contributed by atoms with Crippen molar-refractivity contribution >= 4 is 22.6 Å². The van der Waals surface area contributed by atoms with Crippen molar-refractivity contribution in [2.45, 2.75) is 31.6 Å². The molecule has 2 aromatic rings. The Hall–Kier alpha value is -1.22. The van der Waals surface area contributed by atoms with Crippen LogP contribution in [-0.4, -0.2) is 9.97 Å². The van der Waals surface area contributed by atoms with E-state index in [9.17, 15) is 4.79 Å². The molecule has 1 unspecified atom stereocenters. The van der Waals surface area contributed by atoms with Crippen LogP contribution in [0.1, 0.15) is 37.1 Å². The number of halogens is 1. The number of rotatable bonds is 4. The summed E-state index contributed by atoms with van der Waals surface area (Å²) < 4.78 is 0. The van der Waals surface area contributed by atoms with E-state index in [2.05, 4.69) is 16.9 Å².